The molecule has 147 heavy (non-hydrogen) atoms. The highest BCUT2D eigenvalue weighted by molar-refractivity contribution is 6.01. The third kappa shape index (κ3) is 16.4. The van der Waals surface area contributed by atoms with E-state index in [2.05, 4.69) is 580 Å². The topological polar surface area (TPSA) is 6.48 Å². The summed E-state index contributed by atoms with van der Waals surface area (Å²) < 4.78 is 0. The van der Waals surface area contributed by atoms with E-state index in [1.807, 2.05) is 0 Å². The molecule has 0 bridgehead atoms. The fourth-order valence-electron chi connectivity index (χ4n) is 25.6. The van der Waals surface area contributed by atoms with E-state index in [1.165, 1.54) is 200 Å². The third-order valence-corrected chi connectivity index (χ3v) is 32.5. The molecule has 4 unspecified atom stereocenters. The van der Waals surface area contributed by atoms with Crippen molar-refractivity contribution >= 4 is 34.1 Å². The molecular formula is C145H126N2. The summed E-state index contributed by atoms with van der Waals surface area (Å²) in [6.07, 6.45) is 2.26. The number of hydrogen-bond acceptors (Lipinski definition) is 2. The van der Waals surface area contributed by atoms with Gasteiger partial charge in [-0.25, -0.2) is 0 Å². The van der Waals surface area contributed by atoms with Crippen LogP contribution in [0.5, 0.6) is 0 Å². The van der Waals surface area contributed by atoms with Crippen molar-refractivity contribution in [3.05, 3.63) is 540 Å². The quantitative estimate of drug-likeness (QED) is 0.0896. The van der Waals surface area contributed by atoms with E-state index in [-0.39, 0.29) is 27.1 Å². The highest BCUT2D eigenvalue weighted by Gasteiger charge is 2.54. The second-order valence-electron chi connectivity index (χ2n) is 46.8. The van der Waals surface area contributed by atoms with Crippen LogP contribution in [0.1, 0.15) is 188 Å². The summed E-state index contributed by atoms with van der Waals surface area (Å²) in [5.74, 6) is 0.860. The molecule has 0 amide bonds. The Bertz CT molecular complexity index is 8350. The zero-order chi connectivity index (χ0) is 101. The first kappa shape index (κ1) is 93.4. The fraction of sp³-hybridized carbons (Fsp3) is 0.172. The second-order valence-corrected chi connectivity index (χ2v) is 46.8. The van der Waals surface area contributed by atoms with E-state index in [9.17, 15) is 0 Å². The highest BCUT2D eigenvalue weighted by atomic mass is 15.1. The molecule has 0 fully saturated rings. The van der Waals surface area contributed by atoms with Gasteiger partial charge < -0.3 is 9.80 Å². The summed E-state index contributed by atoms with van der Waals surface area (Å²) in [4.78, 5) is 4.85. The van der Waals surface area contributed by atoms with Gasteiger partial charge in [0.15, 0.2) is 0 Å². The average molecular weight is 1900 g/mol. The Kier molecular flexibility index (Phi) is 23.1. The Balaban J connectivity index is 0.000000157. The molecule has 5 aliphatic rings. The molecule has 20 aromatic carbocycles. The van der Waals surface area contributed by atoms with Crippen LogP contribution >= 0.6 is 0 Å². The Morgan fingerprint density at radius 3 is 0.701 bits per heavy atom. The molecule has 0 radical (unpaired) electrons. The van der Waals surface area contributed by atoms with Crippen LogP contribution in [0.3, 0.4) is 0 Å². The van der Waals surface area contributed by atoms with E-state index in [0.717, 1.165) is 47.0 Å². The minimum absolute atomic E-state index is 0.127. The molecule has 0 aliphatic heterocycles. The van der Waals surface area contributed by atoms with Gasteiger partial charge in [0.1, 0.15) is 0 Å². The molecule has 25 rings (SSSR count). The SMILES string of the molecule is CC(C)(C)CC(c1cccc(-c2ccc3c(c2)C2(c4ccccc4-3)c3ccccc3-c3ccc(-c4cccc(N(c5ccc(-c6ccccc6)cc5)c5ccc(-c6ccccc6)cc5)c4)cc32)c1)C(C)(C)C.CC(C)(C)CC(c1cccc(-c2ccc3c(c2)C2(c4ccccc4-3)c3ccccc3-c3ccc(-c4cccc(N(c5ccc(-c6ccccc6)cc5)c5ccc6c(c5)C(C)(C)c5ccccc5-6)c4)cc32)c1)C(C)(C)C. The first-order chi connectivity index (χ1) is 71.1. The Labute approximate surface area is 870 Å². The van der Waals surface area contributed by atoms with Gasteiger partial charge in [0.25, 0.3) is 0 Å². The molecule has 0 N–H and O–H groups in total. The van der Waals surface area contributed by atoms with Crippen molar-refractivity contribution in [3.63, 3.8) is 0 Å². The first-order valence-electron chi connectivity index (χ1n) is 52.8. The molecule has 716 valence electrons. The van der Waals surface area contributed by atoms with Gasteiger partial charge in [-0.2, -0.15) is 0 Å². The van der Waals surface area contributed by atoms with E-state index in [1.54, 1.807) is 0 Å². The van der Waals surface area contributed by atoms with Crippen LogP contribution < -0.4 is 9.80 Å². The predicted molar refractivity (Wildman–Crippen MR) is 623 cm³/mol. The van der Waals surface area contributed by atoms with E-state index in [0.29, 0.717) is 11.8 Å². The van der Waals surface area contributed by atoms with Crippen LogP contribution in [0.4, 0.5) is 34.1 Å². The minimum atomic E-state index is -0.499. The largest absolute Gasteiger partial charge is 0.310 e. The van der Waals surface area contributed by atoms with Gasteiger partial charge in [0, 0.05) is 39.5 Å². The molecule has 2 spiro atoms. The maximum atomic E-state index is 2.54. The summed E-state index contributed by atoms with van der Waals surface area (Å²) >= 11 is 0. The Hall–Kier alpha value is -16.0. The number of anilines is 6. The number of rotatable bonds is 17. The van der Waals surface area contributed by atoms with E-state index >= 15 is 0 Å². The van der Waals surface area contributed by atoms with Gasteiger partial charge in [-0.3, -0.25) is 0 Å². The molecule has 2 heteroatoms. The molecular weight excluding hydrogens is 1770 g/mol. The molecule has 5 aliphatic carbocycles. The first-order valence-corrected chi connectivity index (χ1v) is 52.8. The molecule has 4 atom stereocenters. The lowest BCUT2D eigenvalue weighted by Crippen LogP contribution is -2.26. The van der Waals surface area contributed by atoms with Crippen LogP contribution in [0.15, 0.2) is 473 Å². The normalized spacial score (nSPS) is 15.4. The summed E-state index contributed by atoms with van der Waals surface area (Å²) in [5.41, 5.74) is 52.8. The lowest BCUT2D eigenvalue weighted by atomic mass is 9.68. The standard InChI is InChI=1S/C74H65N.C71H61N/c1-71(2,3)47-70(72(4,5)6)54-24-18-22-50(42-54)52-34-39-62-59-27-13-16-30-65(59)74(68(62)44-52)66-31-17-14-28-60(66)63-40-35-53(45-69(63)74)51-23-19-25-56(43-51)75(55-36-32-49(33-37-55)48-20-10-9-11-21-48)57-38-41-61-58-26-12-15-29-64(58)73(7,8)67(61)46-57;1-69(2,3)47-68(70(4,5)6)56-25-17-23-52(43-56)54-35-41-62-60-27-13-15-29-64(60)71(66(62)45-54)65-30-16-14-28-61(65)63-42-36-55(46-67(63)71)53-24-18-26-59(44-53)72(57-37-31-50(32-38-57)48-19-9-7-10-20-48)58-39-33-51(34-40-58)49-21-11-8-12-22-49/h9-46,70H,47H2,1-8H3;7-46,68H,47H2,1-6H3. The van der Waals surface area contributed by atoms with Gasteiger partial charge in [0.2, 0.25) is 0 Å². The van der Waals surface area contributed by atoms with Crippen LogP contribution in [0, 0.1) is 21.7 Å². The third-order valence-electron chi connectivity index (χ3n) is 32.5. The van der Waals surface area contributed by atoms with Crippen molar-refractivity contribution in [1.29, 1.82) is 0 Å². The number of benzene rings is 20. The monoisotopic (exact) mass is 1890 g/mol. The van der Waals surface area contributed by atoms with Crippen LogP contribution in [0.25, 0.3) is 134 Å². The molecule has 2 nitrogen and oxygen atoms in total. The summed E-state index contributed by atoms with van der Waals surface area (Å²) in [5, 5.41) is 0. The fourth-order valence-corrected chi connectivity index (χ4v) is 25.6. The summed E-state index contributed by atoms with van der Waals surface area (Å²) in [7, 11) is 0. The molecule has 0 heterocycles. The van der Waals surface area contributed by atoms with Crippen LogP contribution in [0.2, 0.25) is 0 Å². The van der Waals surface area contributed by atoms with Crippen molar-refractivity contribution in [3.8, 4) is 134 Å². The molecule has 0 saturated heterocycles. The van der Waals surface area contributed by atoms with Crippen LogP contribution in [-0.2, 0) is 16.2 Å². The lowest BCUT2D eigenvalue weighted by molar-refractivity contribution is 0.229. The predicted octanol–water partition coefficient (Wildman–Crippen LogP) is 40.1. The van der Waals surface area contributed by atoms with E-state index < -0.39 is 10.8 Å². The van der Waals surface area contributed by atoms with E-state index in [4.69, 9.17) is 0 Å². The Morgan fingerprint density at radius 1 is 0.170 bits per heavy atom. The zero-order valence-electron chi connectivity index (χ0n) is 87.0. The van der Waals surface area contributed by atoms with Gasteiger partial charge in [-0.15, -0.1) is 0 Å². The molecule has 0 saturated carbocycles. The Morgan fingerprint density at radius 2 is 0.388 bits per heavy atom. The number of nitrogens with zero attached hydrogens (tertiary/aromatic N) is 2. The maximum Gasteiger partial charge on any atom is 0.0725 e. The molecule has 20 aromatic rings. The van der Waals surface area contributed by atoms with Crippen molar-refractivity contribution < 1.29 is 0 Å². The average Bonchev–Trinajstić information content (AvgIpc) is 1.51. The highest BCUT2D eigenvalue weighted by Crippen LogP contribution is 2.67. The van der Waals surface area contributed by atoms with Gasteiger partial charge in [-0.1, -0.05) is 473 Å². The van der Waals surface area contributed by atoms with Crippen molar-refractivity contribution in [2.75, 3.05) is 9.80 Å². The smallest absolute Gasteiger partial charge is 0.0725 e. The zero-order valence-corrected chi connectivity index (χ0v) is 87.0. The van der Waals surface area contributed by atoms with Crippen molar-refractivity contribution in [2.24, 2.45) is 21.7 Å². The minimum Gasteiger partial charge on any atom is -0.310 e. The number of hydrogen-bond donors (Lipinski definition) is 0. The second kappa shape index (κ2) is 36.3. The number of fused-ring (bicyclic) bond motifs is 23. The summed E-state index contributed by atoms with van der Waals surface area (Å²) in [6.45, 7) is 33.4. The maximum absolute atomic E-state index is 2.54. The van der Waals surface area contributed by atoms with Crippen molar-refractivity contribution in [1.82, 2.24) is 0 Å². The summed E-state index contributed by atoms with van der Waals surface area (Å²) in [6, 6.07) is 178. The van der Waals surface area contributed by atoms with Gasteiger partial charge >= 0.3 is 0 Å². The molecule has 0 aromatic heterocycles. The van der Waals surface area contributed by atoms with Gasteiger partial charge in [-0.05, 0) is 344 Å². The van der Waals surface area contributed by atoms with Crippen molar-refractivity contribution in [2.45, 2.75) is 138 Å². The lowest BCUT2D eigenvalue weighted by Gasteiger charge is -2.36. The van der Waals surface area contributed by atoms with Crippen LogP contribution in [-0.4, -0.2) is 0 Å². The van der Waals surface area contributed by atoms with Gasteiger partial charge in [0.05, 0.1) is 10.8 Å².